The maximum Gasteiger partial charge on any atom is 0.216 e. The smallest absolute Gasteiger partial charge is 0.216 e. The number of rotatable bonds is 9. The van der Waals surface area contributed by atoms with Crippen molar-refractivity contribution in [3.8, 4) is 0 Å². The summed E-state index contributed by atoms with van der Waals surface area (Å²) in [5.74, 6) is 1.83. The summed E-state index contributed by atoms with van der Waals surface area (Å²) in [6.07, 6.45) is 0. The Morgan fingerprint density at radius 2 is 1.90 bits per heavy atom. The van der Waals surface area contributed by atoms with Crippen molar-refractivity contribution in [1.29, 1.82) is 0 Å². The minimum Gasteiger partial charge on any atom is -0.355 e. The van der Waals surface area contributed by atoms with E-state index in [2.05, 4.69) is 21.1 Å². The molecular formula is C13H20N4OS2. The molecule has 0 atom stereocenters. The first-order valence-corrected chi connectivity index (χ1v) is 8.85. The van der Waals surface area contributed by atoms with E-state index in [1.165, 1.54) is 12.5 Å². The van der Waals surface area contributed by atoms with E-state index in [1.54, 1.807) is 21.6 Å². The van der Waals surface area contributed by atoms with Gasteiger partial charge in [0.2, 0.25) is 5.91 Å². The molecule has 2 N–H and O–H groups in total. The second-order valence-corrected chi connectivity index (χ2v) is 6.77. The molecule has 1 amide bonds. The van der Waals surface area contributed by atoms with Crippen molar-refractivity contribution in [2.24, 2.45) is 10.3 Å². The molecule has 0 unspecified atom stereocenters. The largest absolute Gasteiger partial charge is 0.355 e. The van der Waals surface area contributed by atoms with Crippen molar-refractivity contribution < 1.29 is 4.79 Å². The molecule has 0 saturated heterocycles. The third kappa shape index (κ3) is 8.82. The molecule has 20 heavy (non-hydrogen) atoms. The first-order chi connectivity index (χ1) is 9.68. The monoisotopic (exact) mass is 312 g/mol. The highest BCUT2D eigenvalue weighted by Crippen LogP contribution is 2.19. The Hall–Kier alpha value is -1.21. The van der Waals surface area contributed by atoms with Gasteiger partial charge >= 0.3 is 0 Å². The van der Waals surface area contributed by atoms with Crippen LogP contribution in [0.1, 0.15) is 12.5 Å². The predicted octanol–water partition coefficient (Wildman–Crippen LogP) is 3.29. The van der Waals surface area contributed by atoms with Gasteiger partial charge in [-0.1, -0.05) is 44.5 Å². The summed E-state index contributed by atoms with van der Waals surface area (Å²) in [6, 6.07) is 8.00. The van der Waals surface area contributed by atoms with Gasteiger partial charge in [0.25, 0.3) is 0 Å². The summed E-state index contributed by atoms with van der Waals surface area (Å²) in [4.78, 5) is 10.6. The number of carbonyl (C=O) groups excluding carboxylic acids is 1. The van der Waals surface area contributed by atoms with Crippen LogP contribution in [0, 0.1) is 6.92 Å². The summed E-state index contributed by atoms with van der Waals surface area (Å²) >= 11 is 0. The van der Waals surface area contributed by atoms with Crippen LogP contribution in [0.5, 0.6) is 0 Å². The van der Waals surface area contributed by atoms with Gasteiger partial charge in [-0.2, -0.15) is 5.11 Å². The number of nitrogens with one attached hydrogen (secondary N) is 2. The number of hydrogen-bond donors (Lipinski definition) is 2. The van der Waals surface area contributed by atoms with Gasteiger partial charge in [-0.15, -0.1) is 0 Å². The lowest BCUT2D eigenvalue weighted by atomic mass is 10.2. The predicted molar refractivity (Wildman–Crippen MR) is 88.1 cm³/mol. The number of hydrogen-bond acceptors (Lipinski definition) is 5. The molecule has 7 heteroatoms. The Balaban J connectivity index is 1.97. The molecule has 0 fully saturated rings. The molecule has 0 saturated carbocycles. The summed E-state index contributed by atoms with van der Waals surface area (Å²) in [7, 11) is 3.47. The molecule has 0 aliphatic rings. The maximum atomic E-state index is 10.6. The van der Waals surface area contributed by atoms with Crippen LogP contribution in [0.25, 0.3) is 0 Å². The fraction of sp³-hybridized carbons (Fsp3) is 0.462. The van der Waals surface area contributed by atoms with Gasteiger partial charge in [0.15, 0.2) is 0 Å². The molecule has 1 rings (SSSR count). The molecular weight excluding hydrogens is 292 g/mol. The number of amides is 1. The molecule has 5 nitrogen and oxygen atoms in total. The van der Waals surface area contributed by atoms with Crippen molar-refractivity contribution in [3.05, 3.63) is 29.8 Å². The van der Waals surface area contributed by atoms with E-state index in [-0.39, 0.29) is 5.91 Å². The minimum atomic E-state index is 0.0200. The Morgan fingerprint density at radius 3 is 2.60 bits per heavy atom. The number of carbonyl (C=O) groups is 1. The second kappa shape index (κ2) is 10.6. The summed E-state index contributed by atoms with van der Waals surface area (Å²) in [6.45, 7) is 4.96. The van der Waals surface area contributed by atoms with Gasteiger partial charge < -0.3 is 5.32 Å². The number of nitrogens with zero attached hydrogens (tertiary/aromatic N) is 2. The average Bonchev–Trinajstić information content (AvgIpc) is 2.42. The van der Waals surface area contributed by atoms with Crippen LogP contribution >= 0.6 is 21.6 Å². The highest BCUT2D eigenvalue weighted by atomic mass is 33.1. The first-order valence-electron chi connectivity index (χ1n) is 6.36. The molecule has 0 spiro atoms. The van der Waals surface area contributed by atoms with Gasteiger partial charge in [0.05, 0.1) is 12.2 Å². The molecule has 0 heterocycles. The maximum absolute atomic E-state index is 10.6. The second-order valence-electron chi connectivity index (χ2n) is 4.07. The fourth-order valence-corrected chi connectivity index (χ4v) is 2.99. The quantitative estimate of drug-likeness (QED) is 0.318. The average molecular weight is 312 g/mol. The van der Waals surface area contributed by atoms with Gasteiger partial charge in [-0.3, -0.25) is 10.2 Å². The van der Waals surface area contributed by atoms with E-state index in [1.807, 2.05) is 31.2 Å². The molecule has 1 aromatic rings. The molecule has 0 bridgehead atoms. The van der Waals surface area contributed by atoms with E-state index in [0.717, 1.165) is 17.2 Å². The van der Waals surface area contributed by atoms with E-state index in [4.69, 9.17) is 0 Å². The topological polar surface area (TPSA) is 65.8 Å². The Kier molecular flexibility index (Phi) is 8.90. The van der Waals surface area contributed by atoms with Crippen molar-refractivity contribution in [2.75, 3.05) is 30.0 Å². The third-order valence-electron chi connectivity index (χ3n) is 2.22. The number of benzene rings is 1. The number of aryl methyl sites for hydroxylation is 1. The Bertz CT molecular complexity index is 423. The fourth-order valence-electron chi connectivity index (χ4n) is 1.24. The highest BCUT2D eigenvalue weighted by molar-refractivity contribution is 8.76. The summed E-state index contributed by atoms with van der Waals surface area (Å²) < 4.78 is 0. The van der Waals surface area contributed by atoms with E-state index >= 15 is 0 Å². The van der Waals surface area contributed by atoms with Crippen LogP contribution in [0.3, 0.4) is 0 Å². The van der Waals surface area contributed by atoms with Gasteiger partial charge in [0.1, 0.15) is 0 Å². The van der Waals surface area contributed by atoms with Crippen molar-refractivity contribution >= 4 is 33.2 Å². The zero-order chi connectivity index (χ0) is 14.6. The van der Waals surface area contributed by atoms with Crippen LogP contribution < -0.4 is 10.7 Å². The van der Waals surface area contributed by atoms with E-state index in [9.17, 15) is 4.79 Å². The molecule has 0 radical (unpaired) electrons. The highest BCUT2D eigenvalue weighted by Gasteiger charge is 1.93. The number of anilines is 1. The van der Waals surface area contributed by atoms with Crippen LogP contribution in [0.4, 0.5) is 5.69 Å². The zero-order valence-corrected chi connectivity index (χ0v) is 13.4. The van der Waals surface area contributed by atoms with Gasteiger partial charge in [-0.05, 0) is 19.1 Å². The standard InChI is InChI=1S/C13H20N4OS2/c1-11-3-5-13(6-4-11)16-17-15-8-10-20-19-9-7-14-12(2)18/h3-6H,7-10H2,1-2H3,(H,14,18)(H,15,16). The normalized spacial score (nSPS) is 10.7. The SMILES string of the molecule is CC(=O)NCCSSCCN=NNc1ccc(C)cc1. The lowest BCUT2D eigenvalue weighted by Crippen LogP contribution is -2.22. The lowest BCUT2D eigenvalue weighted by molar-refractivity contribution is -0.118. The van der Waals surface area contributed by atoms with Crippen LogP contribution in [-0.4, -0.2) is 30.5 Å². The molecule has 110 valence electrons. The van der Waals surface area contributed by atoms with Crippen LogP contribution in [0.15, 0.2) is 34.6 Å². The van der Waals surface area contributed by atoms with Crippen LogP contribution in [0.2, 0.25) is 0 Å². The van der Waals surface area contributed by atoms with Gasteiger partial charge in [-0.25, -0.2) is 0 Å². The van der Waals surface area contributed by atoms with Crippen molar-refractivity contribution in [2.45, 2.75) is 13.8 Å². The lowest BCUT2D eigenvalue weighted by Gasteiger charge is -2.01. The van der Waals surface area contributed by atoms with Crippen molar-refractivity contribution in [3.63, 3.8) is 0 Å². The minimum absolute atomic E-state index is 0.0200. The zero-order valence-electron chi connectivity index (χ0n) is 11.8. The summed E-state index contributed by atoms with van der Waals surface area (Å²) in [5.41, 5.74) is 5.05. The van der Waals surface area contributed by atoms with Gasteiger partial charge in [0, 0.05) is 25.0 Å². The molecule has 0 aliphatic heterocycles. The molecule has 0 aliphatic carbocycles. The third-order valence-corrected chi connectivity index (χ3v) is 4.61. The molecule has 0 aromatic heterocycles. The van der Waals surface area contributed by atoms with Crippen LogP contribution in [-0.2, 0) is 4.79 Å². The Morgan fingerprint density at radius 1 is 1.20 bits per heavy atom. The van der Waals surface area contributed by atoms with Crippen molar-refractivity contribution in [1.82, 2.24) is 5.32 Å². The van der Waals surface area contributed by atoms with E-state index < -0.39 is 0 Å². The Labute approximate surface area is 127 Å². The molecule has 1 aromatic carbocycles. The van der Waals surface area contributed by atoms with E-state index in [0.29, 0.717) is 13.1 Å². The first kappa shape index (κ1) is 16.8. The summed E-state index contributed by atoms with van der Waals surface area (Å²) in [5, 5.41) is 10.7.